The van der Waals surface area contributed by atoms with Gasteiger partial charge >= 0.3 is 0 Å². The third-order valence-electron chi connectivity index (χ3n) is 4.94. The van der Waals surface area contributed by atoms with E-state index in [1.165, 1.54) is 29.5 Å². The first-order valence-electron chi connectivity index (χ1n) is 8.38. The van der Waals surface area contributed by atoms with Crippen LogP contribution in [0.25, 0.3) is 5.57 Å². The largest absolute Gasteiger partial charge is 0.0765 e. The van der Waals surface area contributed by atoms with E-state index < -0.39 is 0 Å². The summed E-state index contributed by atoms with van der Waals surface area (Å²) in [5.74, 6) is 1.19. The number of benzene rings is 2. The van der Waals surface area contributed by atoms with Gasteiger partial charge in [0.2, 0.25) is 0 Å². The van der Waals surface area contributed by atoms with E-state index >= 15 is 0 Å². The quantitative estimate of drug-likeness (QED) is 0.608. The molecule has 0 radical (unpaired) electrons. The molecule has 2 atom stereocenters. The zero-order chi connectivity index (χ0) is 15.6. The van der Waals surface area contributed by atoms with Crippen LogP contribution in [0.4, 0.5) is 0 Å². The summed E-state index contributed by atoms with van der Waals surface area (Å²) in [6, 6.07) is 21.9. The van der Waals surface area contributed by atoms with Crippen LogP contribution in [-0.4, -0.2) is 0 Å². The molecule has 1 aliphatic carbocycles. The normalized spacial score (nSPS) is 22.2. The highest BCUT2D eigenvalue weighted by molar-refractivity contribution is 5.72. The molecule has 0 aliphatic heterocycles. The molecule has 0 saturated heterocycles. The van der Waals surface area contributed by atoms with E-state index in [1.54, 1.807) is 0 Å². The highest BCUT2D eigenvalue weighted by atomic mass is 14.3. The molecular weight excluding hydrogens is 264 g/mol. The summed E-state index contributed by atoms with van der Waals surface area (Å²) in [7, 11) is 0. The third kappa shape index (κ3) is 3.16. The van der Waals surface area contributed by atoms with Gasteiger partial charge in [0, 0.05) is 5.92 Å². The standard InChI is InChI=1S/C22H26/c1-22(2,3)19-14-15-20(17-10-6-4-7-11-17)21(16-19)18-12-8-5-9-13-18/h4-13,16,19-20H,14-15H2,1-3H3/t19-,20-/m1/s1. The Morgan fingerprint density at radius 1 is 0.773 bits per heavy atom. The fraction of sp³-hybridized carbons (Fsp3) is 0.364. The fourth-order valence-electron chi connectivity index (χ4n) is 3.56. The van der Waals surface area contributed by atoms with Crippen LogP contribution >= 0.6 is 0 Å². The van der Waals surface area contributed by atoms with Gasteiger partial charge in [-0.1, -0.05) is 87.5 Å². The van der Waals surface area contributed by atoms with Gasteiger partial charge in [-0.3, -0.25) is 0 Å². The van der Waals surface area contributed by atoms with Crippen LogP contribution in [0, 0.1) is 11.3 Å². The van der Waals surface area contributed by atoms with E-state index in [2.05, 4.69) is 87.5 Å². The molecule has 114 valence electrons. The molecule has 2 aromatic carbocycles. The Labute approximate surface area is 134 Å². The Balaban J connectivity index is 2.04. The van der Waals surface area contributed by atoms with Gasteiger partial charge in [-0.15, -0.1) is 0 Å². The smallest absolute Gasteiger partial charge is 0.00924 e. The average molecular weight is 290 g/mol. The van der Waals surface area contributed by atoms with Crippen LogP contribution < -0.4 is 0 Å². The van der Waals surface area contributed by atoms with Crippen LogP contribution in [0.15, 0.2) is 66.7 Å². The fourth-order valence-corrected chi connectivity index (χ4v) is 3.56. The lowest BCUT2D eigenvalue weighted by Gasteiger charge is -2.36. The van der Waals surface area contributed by atoms with Gasteiger partial charge < -0.3 is 0 Å². The van der Waals surface area contributed by atoms with Crippen LogP contribution in [-0.2, 0) is 0 Å². The van der Waals surface area contributed by atoms with Gasteiger partial charge in [-0.05, 0) is 40.9 Å². The number of allylic oxidation sites excluding steroid dienone is 2. The van der Waals surface area contributed by atoms with Crippen molar-refractivity contribution in [3.05, 3.63) is 77.9 Å². The Morgan fingerprint density at radius 2 is 1.36 bits per heavy atom. The second-order valence-electron chi connectivity index (χ2n) is 7.50. The Morgan fingerprint density at radius 3 is 1.95 bits per heavy atom. The average Bonchev–Trinajstić information content (AvgIpc) is 2.55. The van der Waals surface area contributed by atoms with Gasteiger partial charge in [0.1, 0.15) is 0 Å². The number of hydrogen-bond donors (Lipinski definition) is 0. The topological polar surface area (TPSA) is 0 Å². The monoisotopic (exact) mass is 290 g/mol. The summed E-state index contributed by atoms with van der Waals surface area (Å²) in [5, 5.41) is 0. The van der Waals surface area contributed by atoms with E-state index in [4.69, 9.17) is 0 Å². The minimum Gasteiger partial charge on any atom is -0.0765 e. The molecule has 0 spiro atoms. The molecule has 0 aromatic heterocycles. The molecular formula is C22H26. The van der Waals surface area contributed by atoms with E-state index in [0.717, 1.165) is 0 Å². The van der Waals surface area contributed by atoms with Gasteiger partial charge in [0.05, 0.1) is 0 Å². The summed E-state index contributed by atoms with van der Waals surface area (Å²) in [6.07, 6.45) is 5.07. The summed E-state index contributed by atoms with van der Waals surface area (Å²) < 4.78 is 0. The van der Waals surface area contributed by atoms with E-state index in [9.17, 15) is 0 Å². The van der Waals surface area contributed by atoms with Crippen LogP contribution in [0.3, 0.4) is 0 Å². The second-order valence-corrected chi connectivity index (χ2v) is 7.50. The molecule has 0 heterocycles. The van der Waals surface area contributed by atoms with Gasteiger partial charge in [-0.2, -0.15) is 0 Å². The van der Waals surface area contributed by atoms with Crippen molar-refractivity contribution in [2.45, 2.75) is 39.5 Å². The lowest BCUT2D eigenvalue weighted by molar-refractivity contribution is 0.265. The first-order chi connectivity index (χ1) is 10.6. The van der Waals surface area contributed by atoms with Gasteiger partial charge in [0.25, 0.3) is 0 Å². The van der Waals surface area contributed by atoms with Crippen molar-refractivity contribution < 1.29 is 0 Å². The first-order valence-corrected chi connectivity index (χ1v) is 8.38. The molecule has 0 amide bonds. The molecule has 1 aliphatic rings. The second kappa shape index (κ2) is 6.12. The van der Waals surface area contributed by atoms with Crippen molar-refractivity contribution in [3.8, 4) is 0 Å². The van der Waals surface area contributed by atoms with E-state index in [1.807, 2.05) is 0 Å². The van der Waals surface area contributed by atoms with Crippen molar-refractivity contribution >= 4 is 5.57 Å². The zero-order valence-corrected chi connectivity index (χ0v) is 13.9. The summed E-state index contributed by atoms with van der Waals surface area (Å²) in [6.45, 7) is 7.08. The lowest BCUT2D eigenvalue weighted by atomic mass is 9.68. The maximum absolute atomic E-state index is 2.55. The van der Waals surface area contributed by atoms with Crippen LogP contribution in [0.5, 0.6) is 0 Å². The van der Waals surface area contributed by atoms with E-state index in [-0.39, 0.29) is 0 Å². The lowest BCUT2D eigenvalue weighted by Crippen LogP contribution is -2.23. The molecule has 3 rings (SSSR count). The van der Waals surface area contributed by atoms with Crippen molar-refractivity contribution in [1.29, 1.82) is 0 Å². The third-order valence-corrected chi connectivity index (χ3v) is 4.94. The number of hydrogen-bond acceptors (Lipinski definition) is 0. The molecule has 0 bridgehead atoms. The summed E-state index contributed by atoms with van der Waals surface area (Å²) in [4.78, 5) is 0. The van der Waals surface area contributed by atoms with Gasteiger partial charge in [0.15, 0.2) is 0 Å². The SMILES string of the molecule is CC(C)(C)[C@H]1C=C(c2ccccc2)[C@@H](c2ccccc2)CC1. The minimum absolute atomic E-state index is 0.335. The van der Waals surface area contributed by atoms with Crippen molar-refractivity contribution in [2.75, 3.05) is 0 Å². The predicted octanol–water partition coefficient (Wildman–Crippen LogP) is 6.31. The molecule has 2 aromatic rings. The molecule has 22 heavy (non-hydrogen) atoms. The van der Waals surface area contributed by atoms with E-state index in [0.29, 0.717) is 17.3 Å². The minimum atomic E-state index is 0.335. The Bertz CT molecular complexity index is 629. The van der Waals surface area contributed by atoms with Crippen molar-refractivity contribution in [3.63, 3.8) is 0 Å². The zero-order valence-electron chi connectivity index (χ0n) is 13.9. The summed E-state index contributed by atoms with van der Waals surface area (Å²) in [5.41, 5.74) is 4.68. The Kier molecular flexibility index (Phi) is 4.20. The Hall–Kier alpha value is -1.82. The van der Waals surface area contributed by atoms with Gasteiger partial charge in [-0.25, -0.2) is 0 Å². The first kappa shape index (κ1) is 15.1. The molecule has 0 saturated carbocycles. The maximum atomic E-state index is 2.55. The van der Waals surface area contributed by atoms with Crippen molar-refractivity contribution in [1.82, 2.24) is 0 Å². The highest BCUT2D eigenvalue weighted by Gasteiger charge is 2.31. The van der Waals surface area contributed by atoms with Crippen molar-refractivity contribution in [2.24, 2.45) is 11.3 Å². The molecule has 0 nitrogen and oxygen atoms in total. The molecule has 0 unspecified atom stereocenters. The van der Waals surface area contributed by atoms with Crippen LogP contribution in [0.1, 0.15) is 50.7 Å². The number of rotatable bonds is 2. The molecule has 0 heteroatoms. The predicted molar refractivity (Wildman–Crippen MR) is 95.8 cm³/mol. The van der Waals surface area contributed by atoms with Crippen LogP contribution in [0.2, 0.25) is 0 Å². The molecule has 0 N–H and O–H groups in total. The maximum Gasteiger partial charge on any atom is 0.00924 e. The highest BCUT2D eigenvalue weighted by Crippen LogP contribution is 2.45. The summed E-state index contributed by atoms with van der Waals surface area (Å²) >= 11 is 0. The molecule has 0 fully saturated rings.